The van der Waals surface area contributed by atoms with Gasteiger partial charge in [0.05, 0.1) is 23.6 Å². The molecule has 2 heterocycles. The summed E-state index contributed by atoms with van der Waals surface area (Å²) in [5.74, 6) is 0.650. The van der Waals surface area contributed by atoms with E-state index in [-0.39, 0.29) is 17.1 Å². The van der Waals surface area contributed by atoms with E-state index >= 15 is 0 Å². The van der Waals surface area contributed by atoms with E-state index in [1.165, 1.54) is 0 Å². The summed E-state index contributed by atoms with van der Waals surface area (Å²) in [4.78, 5) is 31.0. The van der Waals surface area contributed by atoms with Gasteiger partial charge in [-0.05, 0) is 49.3 Å². The highest BCUT2D eigenvalue weighted by molar-refractivity contribution is 5.99. The van der Waals surface area contributed by atoms with Gasteiger partial charge in [-0.15, -0.1) is 0 Å². The number of hydrogen-bond acceptors (Lipinski definition) is 5. The van der Waals surface area contributed by atoms with Crippen molar-refractivity contribution in [3.63, 3.8) is 0 Å². The monoisotopic (exact) mass is 434 g/mol. The molecule has 3 aromatic rings. The lowest BCUT2D eigenvalue weighted by molar-refractivity contribution is 0.0708. The Morgan fingerprint density at radius 3 is 2.56 bits per heavy atom. The Kier molecular flexibility index (Phi) is 6.61. The molecule has 4 rings (SSSR count). The quantitative estimate of drug-likeness (QED) is 0.497. The van der Waals surface area contributed by atoms with Gasteiger partial charge in [-0.3, -0.25) is 9.59 Å². The van der Waals surface area contributed by atoms with Gasteiger partial charge >= 0.3 is 0 Å². The summed E-state index contributed by atoms with van der Waals surface area (Å²) in [6, 6.07) is 14.3. The van der Waals surface area contributed by atoms with Crippen molar-refractivity contribution >= 4 is 16.9 Å². The third kappa shape index (κ3) is 4.02. The number of carbonyl (C=O) groups is 1. The summed E-state index contributed by atoms with van der Waals surface area (Å²) in [6.07, 6.45) is 0.903. The molecule has 1 atom stereocenters. The van der Waals surface area contributed by atoms with Crippen LogP contribution in [0.2, 0.25) is 0 Å². The lowest BCUT2D eigenvalue weighted by Gasteiger charge is -2.28. The Balaban J connectivity index is 1.83. The van der Waals surface area contributed by atoms with Gasteiger partial charge in [-0.2, -0.15) is 0 Å². The van der Waals surface area contributed by atoms with Crippen molar-refractivity contribution in [1.29, 1.82) is 0 Å². The SMILES string of the molecule is CCCOc1cccc([C@@H]2c3c(oc4ccccc4c3=O)C(=O)N2CCN(CC)CC)c1. The van der Waals surface area contributed by atoms with E-state index in [4.69, 9.17) is 9.15 Å². The molecule has 0 N–H and O–H groups in total. The molecule has 0 saturated heterocycles. The summed E-state index contributed by atoms with van der Waals surface area (Å²) in [7, 11) is 0. The molecule has 0 unspecified atom stereocenters. The fourth-order valence-corrected chi connectivity index (χ4v) is 4.33. The van der Waals surface area contributed by atoms with Gasteiger partial charge in [0.2, 0.25) is 5.76 Å². The van der Waals surface area contributed by atoms with E-state index in [0.29, 0.717) is 29.7 Å². The molecule has 0 fully saturated rings. The number of likely N-dealkylation sites (N-methyl/N-ethyl adjacent to an activating group) is 1. The first-order valence-corrected chi connectivity index (χ1v) is 11.4. The molecule has 0 bridgehead atoms. The van der Waals surface area contributed by atoms with Gasteiger partial charge in [0.25, 0.3) is 5.91 Å². The summed E-state index contributed by atoms with van der Waals surface area (Å²) >= 11 is 0. The predicted octanol–water partition coefficient (Wildman–Crippen LogP) is 4.47. The molecule has 1 aromatic heterocycles. The molecule has 1 aliphatic heterocycles. The lowest BCUT2D eigenvalue weighted by Crippen LogP contribution is -2.37. The molecule has 0 saturated carbocycles. The molecule has 6 nitrogen and oxygen atoms in total. The van der Waals surface area contributed by atoms with E-state index in [2.05, 4.69) is 25.7 Å². The van der Waals surface area contributed by atoms with E-state index in [1.54, 1.807) is 23.1 Å². The zero-order chi connectivity index (χ0) is 22.7. The molecular weight excluding hydrogens is 404 g/mol. The van der Waals surface area contributed by atoms with Crippen LogP contribution in [0, 0.1) is 0 Å². The molecule has 6 heteroatoms. The second-order valence-electron chi connectivity index (χ2n) is 8.02. The zero-order valence-electron chi connectivity index (χ0n) is 19.0. The topological polar surface area (TPSA) is 63.0 Å². The Morgan fingerprint density at radius 2 is 1.81 bits per heavy atom. The van der Waals surface area contributed by atoms with Crippen LogP contribution in [-0.4, -0.2) is 48.5 Å². The van der Waals surface area contributed by atoms with Gasteiger partial charge in [0, 0.05) is 13.1 Å². The smallest absolute Gasteiger partial charge is 0.290 e. The molecule has 168 valence electrons. The maximum absolute atomic E-state index is 13.5. The third-order valence-electron chi connectivity index (χ3n) is 6.07. The fourth-order valence-electron chi connectivity index (χ4n) is 4.33. The van der Waals surface area contributed by atoms with E-state index < -0.39 is 6.04 Å². The fraction of sp³-hybridized carbons (Fsp3) is 0.385. The van der Waals surface area contributed by atoms with Gasteiger partial charge in [-0.1, -0.05) is 45.0 Å². The van der Waals surface area contributed by atoms with Gasteiger partial charge in [-0.25, -0.2) is 0 Å². The highest BCUT2D eigenvalue weighted by atomic mass is 16.5. The second kappa shape index (κ2) is 9.57. The summed E-state index contributed by atoms with van der Waals surface area (Å²) in [5.41, 5.74) is 1.56. The average Bonchev–Trinajstić information content (AvgIpc) is 3.10. The van der Waals surface area contributed by atoms with Crippen molar-refractivity contribution in [2.24, 2.45) is 0 Å². The Bertz CT molecular complexity index is 1170. The normalized spacial score (nSPS) is 15.6. The van der Waals surface area contributed by atoms with E-state index in [9.17, 15) is 9.59 Å². The third-order valence-corrected chi connectivity index (χ3v) is 6.07. The van der Waals surface area contributed by atoms with Crippen molar-refractivity contribution in [3.8, 4) is 5.75 Å². The summed E-state index contributed by atoms with van der Waals surface area (Å²) in [5, 5.41) is 0.494. The highest BCUT2D eigenvalue weighted by Gasteiger charge is 2.42. The van der Waals surface area contributed by atoms with Crippen LogP contribution in [0.1, 0.15) is 54.9 Å². The minimum atomic E-state index is -0.501. The van der Waals surface area contributed by atoms with E-state index in [0.717, 1.165) is 37.4 Å². The number of para-hydroxylation sites is 1. The van der Waals surface area contributed by atoms with Crippen LogP contribution in [-0.2, 0) is 0 Å². The molecule has 0 aliphatic carbocycles. The molecule has 1 amide bonds. The summed E-state index contributed by atoms with van der Waals surface area (Å²) < 4.78 is 11.8. The van der Waals surface area contributed by atoms with Crippen molar-refractivity contribution < 1.29 is 13.9 Å². The van der Waals surface area contributed by atoms with Crippen LogP contribution in [0.4, 0.5) is 0 Å². The highest BCUT2D eigenvalue weighted by Crippen LogP contribution is 2.38. The van der Waals surface area contributed by atoms with Crippen molar-refractivity contribution in [2.75, 3.05) is 32.8 Å². The lowest BCUT2D eigenvalue weighted by atomic mass is 9.98. The molecular formula is C26H30N2O4. The molecule has 0 spiro atoms. The molecule has 2 aromatic carbocycles. The van der Waals surface area contributed by atoms with Crippen LogP contribution in [0.15, 0.2) is 57.7 Å². The average molecular weight is 435 g/mol. The first-order chi connectivity index (χ1) is 15.6. The van der Waals surface area contributed by atoms with Gasteiger partial charge < -0.3 is 19.0 Å². The Labute approximate surface area is 188 Å². The number of amides is 1. The summed E-state index contributed by atoms with van der Waals surface area (Å²) in [6.45, 7) is 9.91. The van der Waals surface area contributed by atoms with Crippen LogP contribution >= 0.6 is 0 Å². The number of benzene rings is 2. The van der Waals surface area contributed by atoms with Crippen molar-refractivity contribution in [2.45, 2.75) is 33.2 Å². The van der Waals surface area contributed by atoms with Crippen LogP contribution in [0.25, 0.3) is 11.0 Å². The minimum absolute atomic E-state index is 0.148. The zero-order valence-corrected chi connectivity index (χ0v) is 19.0. The first-order valence-electron chi connectivity index (χ1n) is 11.4. The van der Waals surface area contributed by atoms with Crippen molar-refractivity contribution in [3.05, 3.63) is 75.6 Å². The molecule has 0 radical (unpaired) electrons. The number of rotatable bonds is 9. The Hall–Kier alpha value is -3.12. The first kappa shape index (κ1) is 22.1. The van der Waals surface area contributed by atoms with Gasteiger partial charge in [0.1, 0.15) is 11.3 Å². The standard InChI is InChI=1S/C26H30N2O4/c1-4-16-31-19-11-9-10-18(17-19)23-22-24(29)20-12-7-8-13-21(20)32-25(22)26(30)28(23)15-14-27(5-2)6-3/h7-13,17,23H,4-6,14-16H2,1-3H3/t23-/m1/s1. The van der Waals surface area contributed by atoms with Crippen LogP contribution < -0.4 is 10.2 Å². The number of nitrogens with zero attached hydrogens (tertiary/aromatic N) is 2. The number of hydrogen-bond donors (Lipinski definition) is 0. The predicted molar refractivity (Wildman–Crippen MR) is 125 cm³/mol. The van der Waals surface area contributed by atoms with E-state index in [1.807, 2.05) is 30.3 Å². The van der Waals surface area contributed by atoms with Gasteiger partial charge in [0.15, 0.2) is 5.43 Å². The van der Waals surface area contributed by atoms with Crippen LogP contribution in [0.3, 0.4) is 0 Å². The maximum Gasteiger partial charge on any atom is 0.290 e. The molecule has 32 heavy (non-hydrogen) atoms. The maximum atomic E-state index is 13.5. The second-order valence-corrected chi connectivity index (χ2v) is 8.02. The number of ether oxygens (including phenoxy) is 1. The van der Waals surface area contributed by atoms with Crippen LogP contribution in [0.5, 0.6) is 5.75 Å². The number of fused-ring (bicyclic) bond motifs is 2. The molecule has 1 aliphatic rings. The number of carbonyl (C=O) groups excluding carboxylic acids is 1. The minimum Gasteiger partial charge on any atom is -0.494 e. The largest absolute Gasteiger partial charge is 0.494 e. The Morgan fingerprint density at radius 1 is 1.03 bits per heavy atom. The van der Waals surface area contributed by atoms with Crippen molar-refractivity contribution in [1.82, 2.24) is 9.80 Å².